The summed E-state index contributed by atoms with van der Waals surface area (Å²) in [7, 11) is -3.82. The number of sulfonamides is 1. The van der Waals surface area contributed by atoms with Crippen molar-refractivity contribution in [2.75, 3.05) is 6.54 Å². The van der Waals surface area contributed by atoms with Crippen LogP contribution in [-0.2, 0) is 10.0 Å². The van der Waals surface area contributed by atoms with E-state index >= 15 is 0 Å². The lowest BCUT2D eigenvalue weighted by molar-refractivity contribution is 0.0945. The highest BCUT2D eigenvalue weighted by Crippen LogP contribution is 2.44. The molecule has 0 spiro atoms. The van der Waals surface area contributed by atoms with Gasteiger partial charge in [-0.15, -0.1) is 0 Å². The molecule has 0 aromatic heterocycles. The van der Waals surface area contributed by atoms with Crippen molar-refractivity contribution in [1.82, 2.24) is 5.32 Å². The number of carbonyl (C=O) groups excluding carboxylic acids is 1. The minimum Gasteiger partial charge on any atom is -0.351 e. The molecule has 1 aliphatic carbocycles. The van der Waals surface area contributed by atoms with Crippen LogP contribution in [0.3, 0.4) is 0 Å². The molecule has 1 aliphatic rings. The normalized spacial score (nSPS) is 16.8. The van der Waals surface area contributed by atoms with Gasteiger partial charge < -0.3 is 5.32 Å². The summed E-state index contributed by atoms with van der Waals surface area (Å²) in [5, 5.41) is 8.04. The molecule has 0 saturated heterocycles. The average molecular weight is 296 g/mol. The van der Waals surface area contributed by atoms with Gasteiger partial charge in [0.05, 0.1) is 4.90 Å². The zero-order valence-corrected chi connectivity index (χ0v) is 12.8. The van der Waals surface area contributed by atoms with Crippen LogP contribution in [0.15, 0.2) is 17.0 Å². The van der Waals surface area contributed by atoms with Gasteiger partial charge >= 0.3 is 0 Å². The van der Waals surface area contributed by atoms with E-state index < -0.39 is 10.0 Å². The summed E-state index contributed by atoms with van der Waals surface area (Å²) in [5.41, 5.74) is 1.87. The van der Waals surface area contributed by atoms with Crippen LogP contribution in [0.1, 0.15) is 41.3 Å². The monoisotopic (exact) mass is 296 g/mol. The van der Waals surface area contributed by atoms with Gasteiger partial charge in [-0.25, -0.2) is 13.6 Å². The van der Waals surface area contributed by atoms with Crippen LogP contribution in [0, 0.1) is 19.3 Å². The quantitative estimate of drug-likeness (QED) is 0.882. The van der Waals surface area contributed by atoms with Crippen molar-refractivity contribution < 1.29 is 13.2 Å². The number of nitrogens with one attached hydrogen (secondary N) is 1. The molecule has 0 radical (unpaired) electrons. The Labute approximate surface area is 119 Å². The van der Waals surface area contributed by atoms with Crippen molar-refractivity contribution in [2.45, 2.75) is 38.5 Å². The molecule has 0 atom stereocenters. The molecular weight excluding hydrogens is 276 g/mol. The number of aryl methyl sites for hydroxylation is 2. The molecule has 0 heterocycles. The van der Waals surface area contributed by atoms with E-state index in [1.54, 1.807) is 19.9 Å². The third-order valence-corrected chi connectivity index (χ3v) is 4.91. The summed E-state index contributed by atoms with van der Waals surface area (Å²) in [6.07, 6.45) is 2.23. The molecule has 0 bridgehead atoms. The molecule has 110 valence electrons. The van der Waals surface area contributed by atoms with Gasteiger partial charge in [0.25, 0.3) is 5.91 Å². The summed E-state index contributed by atoms with van der Waals surface area (Å²) in [5.74, 6) is -0.250. The lowest BCUT2D eigenvalue weighted by Gasteiger charge is -2.13. The summed E-state index contributed by atoms with van der Waals surface area (Å²) in [6.45, 7) is 6.18. The Morgan fingerprint density at radius 1 is 1.30 bits per heavy atom. The fraction of sp³-hybridized carbons (Fsp3) is 0.500. The van der Waals surface area contributed by atoms with Gasteiger partial charge in [0.1, 0.15) is 0 Å². The Balaban J connectivity index is 2.28. The predicted octanol–water partition coefficient (Wildman–Crippen LogP) is 1.48. The SMILES string of the molecule is Cc1cc(C)c(S(N)(=O)=O)cc1C(=O)NCC1(C)CC1. The fourth-order valence-electron chi connectivity index (χ4n) is 2.16. The van der Waals surface area contributed by atoms with Crippen molar-refractivity contribution >= 4 is 15.9 Å². The molecule has 0 aliphatic heterocycles. The standard InChI is InChI=1S/C14H20N2O3S/c1-9-6-10(2)12(20(15,18)19)7-11(9)13(17)16-8-14(3)4-5-14/h6-7H,4-5,8H2,1-3H3,(H,16,17)(H2,15,18,19). The van der Waals surface area contributed by atoms with E-state index in [0.717, 1.165) is 18.4 Å². The van der Waals surface area contributed by atoms with E-state index in [2.05, 4.69) is 12.2 Å². The highest BCUT2D eigenvalue weighted by molar-refractivity contribution is 7.89. The molecule has 3 N–H and O–H groups in total. The molecule has 0 unspecified atom stereocenters. The number of benzene rings is 1. The van der Waals surface area contributed by atoms with Crippen LogP contribution in [0.4, 0.5) is 0 Å². The molecule has 5 nitrogen and oxygen atoms in total. The molecule has 1 aromatic rings. The minimum absolute atomic E-state index is 0.00545. The van der Waals surface area contributed by atoms with E-state index in [9.17, 15) is 13.2 Å². The predicted molar refractivity (Wildman–Crippen MR) is 77.0 cm³/mol. The second-order valence-electron chi connectivity index (χ2n) is 5.97. The molecular formula is C14H20N2O3S. The van der Waals surface area contributed by atoms with E-state index in [0.29, 0.717) is 17.7 Å². The lowest BCUT2D eigenvalue weighted by atomic mass is 10.0. The smallest absolute Gasteiger partial charge is 0.251 e. The molecule has 1 amide bonds. The Morgan fingerprint density at radius 2 is 1.90 bits per heavy atom. The number of primary sulfonamides is 1. The number of rotatable bonds is 4. The van der Waals surface area contributed by atoms with Crippen LogP contribution < -0.4 is 10.5 Å². The Hall–Kier alpha value is -1.40. The van der Waals surface area contributed by atoms with Crippen LogP contribution in [0.2, 0.25) is 0 Å². The maximum Gasteiger partial charge on any atom is 0.251 e. The van der Waals surface area contributed by atoms with Gasteiger partial charge in [-0.05, 0) is 49.3 Å². The second-order valence-corrected chi connectivity index (χ2v) is 7.50. The first kappa shape index (κ1) is 15.0. The second kappa shape index (κ2) is 4.86. The van der Waals surface area contributed by atoms with E-state index in [1.807, 2.05) is 0 Å². The molecule has 1 fully saturated rings. The van der Waals surface area contributed by atoms with Crippen molar-refractivity contribution in [1.29, 1.82) is 0 Å². The summed E-state index contributed by atoms with van der Waals surface area (Å²) in [4.78, 5) is 12.2. The zero-order chi connectivity index (χ0) is 15.1. The van der Waals surface area contributed by atoms with Crippen molar-refractivity contribution in [2.24, 2.45) is 10.6 Å². The first-order chi connectivity index (χ1) is 9.12. The Bertz CT molecular complexity index is 661. The lowest BCUT2D eigenvalue weighted by Crippen LogP contribution is -2.30. The van der Waals surface area contributed by atoms with Gasteiger partial charge in [-0.1, -0.05) is 13.0 Å². The third-order valence-electron chi connectivity index (χ3n) is 3.85. The summed E-state index contributed by atoms with van der Waals surface area (Å²) < 4.78 is 23.0. The van der Waals surface area contributed by atoms with Gasteiger partial charge in [0.15, 0.2) is 0 Å². The third kappa shape index (κ3) is 3.19. The van der Waals surface area contributed by atoms with Crippen molar-refractivity contribution in [3.8, 4) is 0 Å². The van der Waals surface area contributed by atoms with Crippen molar-refractivity contribution in [3.05, 3.63) is 28.8 Å². The Kier molecular flexibility index (Phi) is 3.64. The van der Waals surface area contributed by atoms with Crippen LogP contribution in [-0.4, -0.2) is 20.9 Å². The maximum atomic E-state index is 12.2. The fourth-order valence-corrected chi connectivity index (χ4v) is 2.95. The first-order valence-corrected chi connectivity index (χ1v) is 8.09. The highest BCUT2D eigenvalue weighted by Gasteiger charge is 2.37. The van der Waals surface area contributed by atoms with Gasteiger partial charge in [0, 0.05) is 12.1 Å². The number of amides is 1. The summed E-state index contributed by atoms with van der Waals surface area (Å²) >= 11 is 0. The molecule has 6 heteroatoms. The number of hydrogen-bond donors (Lipinski definition) is 2. The maximum absolute atomic E-state index is 12.2. The average Bonchev–Trinajstić information content (AvgIpc) is 3.03. The van der Waals surface area contributed by atoms with E-state index in [4.69, 9.17) is 5.14 Å². The minimum atomic E-state index is -3.82. The Morgan fingerprint density at radius 3 is 2.40 bits per heavy atom. The van der Waals surface area contributed by atoms with Gasteiger partial charge in [-0.2, -0.15) is 0 Å². The zero-order valence-electron chi connectivity index (χ0n) is 12.0. The topological polar surface area (TPSA) is 89.3 Å². The molecule has 2 rings (SSSR count). The largest absolute Gasteiger partial charge is 0.351 e. The molecule has 20 heavy (non-hydrogen) atoms. The van der Waals surface area contributed by atoms with Gasteiger partial charge in [0.2, 0.25) is 10.0 Å². The van der Waals surface area contributed by atoms with Crippen molar-refractivity contribution in [3.63, 3.8) is 0 Å². The van der Waals surface area contributed by atoms with E-state index in [-0.39, 0.29) is 16.2 Å². The molecule has 1 aromatic carbocycles. The highest BCUT2D eigenvalue weighted by atomic mass is 32.2. The number of carbonyl (C=O) groups is 1. The number of hydrogen-bond acceptors (Lipinski definition) is 3. The van der Waals surface area contributed by atoms with Crippen LogP contribution in [0.5, 0.6) is 0 Å². The number of nitrogens with two attached hydrogens (primary N) is 1. The van der Waals surface area contributed by atoms with Gasteiger partial charge in [-0.3, -0.25) is 4.79 Å². The van der Waals surface area contributed by atoms with E-state index in [1.165, 1.54) is 6.07 Å². The molecule has 1 saturated carbocycles. The first-order valence-electron chi connectivity index (χ1n) is 6.55. The van der Waals surface area contributed by atoms with Crippen LogP contribution >= 0.6 is 0 Å². The van der Waals surface area contributed by atoms with Crippen LogP contribution in [0.25, 0.3) is 0 Å². The summed E-state index contributed by atoms with van der Waals surface area (Å²) in [6, 6.07) is 3.04.